The topological polar surface area (TPSA) is 145 Å². The molecule has 8 heteroatoms. The predicted octanol–water partition coefficient (Wildman–Crippen LogP) is 3.17. The number of benzene rings is 3. The Bertz CT molecular complexity index is 1160. The summed E-state index contributed by atoms with van der Waals surface area (Å²) in [4.78, 5) is 36.0. The highest BCUT2D eigenvalue weighted by molar-refractivity contribution is 6.12. The zero-order valence-corrected chi connectivity index (χ0v) is 17.3. The number of carboxylic acids is 1. The number of carbonyl (C=O) groups is 3. The highest BCUT2D eigenvalue weighted by Crippen LogP contribution is 2.27. The second-order valence-electron chi connectivity index (χ2n) is 7.30. The fourth-order valence-corrected chi connectivity index (χ4v) is 3.46. The first-order chi connectivity index (χ1) is 15.3. The summed E-state index contributed by atoms with van der Waals surface area (Å²) in [5.41, 5.74) is 7.46. The number of nitrogens with one attached hydrogen (secondary N) is 3. The van der Waals surface area contributed by atoms with Gasteiger partial charge in [0.2, 0.25) is 11.8 Å². The molecule has 0 radical (unpaired) electrons. The molecule has 3 aromatic carbocycles. The van der Waals surface area contributed by atoms with Crippen LogP contribution in [0.25, 0.3) is 10.8 Å². The van der Waals surface area contributed by atoms with Crippen molar-refractivity contribution in [1.29, 1.82) is 5.41 Å². The molecule has 0 saturated heterocycles. The summed E-state index contributed by atoms with van der Waals surface area (Å²) in [6.07, 6.45) is -0.405. The Kier molecular flexibility index (Phi) is 7.17. The lowest BCUT2D eigenvalue weighted by Gasteiger charge is -2.17. The van der Waals surface area contributed by atoms with Gasteiger partial charge in [-0.25, -0.2) is 0 Å². The van der Waals surface area contributed by atoms with Crippen molar-refractivity contribution in [2.24, 2.45) is 5.73 Å². The molecule has 0 aliphatic heterocycles. The van der Waals surface area contributed by atoms with E-state index in [4.69, 9.17) is 16.2 Å². The van der Waals surface area contributed by atoms with E-state index in [2.05, 4.69) is 10.6 Å². The zero-order valence-electron chi connectivity index (χ0n) is 17.3. The summed E-state index contributed by atoms with van der Waals surface area (Å²) >= 11 is 0. The van der Waals surface area contributed by atoms with Crippen molar-refractivity contribution in [3.8, 4) is 0 Å². The lowest BCUT2D eigenvalue weighted by atomic mass is 10.0. The van der Waals surface area contributed by atoms with Gasteiger partial charge in [-0.3, -0.25) is 19.8 Å². The summed E-state index contributed by atoms with van der Waals surface area (Å²) in [6.45, 7) is 0. The van der Waals surface area contributed by atoms with Crippen LogP contribution in [0.3, 0.4) is 0 Å². The fraction of sp³-hybridized carbons (Fsp3) is 0.167. The first-order valence-corrected chi connectivity index (χ1v) is 10.1. The van der Waals surface area contributed by atoms with E-state index >= 15 is 0 Å². The molecule has 0 bridgehead atoms. The SMILES string of the molecule is N=C(N)c1ccc(NC(=O)CCC(=O)NC(CC(=O)O)c2ccccc2)c2ccccc12. The number of amides is 2. The second kappa shape index (κ2) is 10.2. The van der Waals surface area contributed by atoms with Crippen LogP contribution in [-0.2, 0) is 14.4 Å². The van der Waals surface area contributed by atoms with Gasteiger partial charge in [-0.15, -0.1) is 0 Å². The molecular formula is C24H24N4O4. The summed E-state index contributed by atoms with van der Waals surface area (Å²) in [5.74, 6) is -1.86. The van der Waals surface area contributed by atoms with Crippen molar-refractivity contribution in [2.75, 3.05) is 5.32 Å². The van der Waals surface area contributed by atoms with E-state index in [1.807, 2.05) is 24.3 Å². The molecular weight excluding hydrogens is 408 g/mol. The molecule has 6 N–H and O–H groups in total. The molecule has 2 amide bonds. The number of nitrogen functional groups attached to an aromatic ring is 1. The first-order valence-electron chi connectivity index (χ1n) is 10.1. The third-order valence-electron chi connectivity index (χ3n) is 4.98. The standard InChI is InChI=1S/C24H24N4O4/c25-24(26)18-10-11-19(17-9-5-4-8-16(17)18)27-21(29)12-13-22(30)28-20(14-23(31)32)15-6-2-1-3-7-15/h1-11,20H,12-14H2,(H3,25,26)(H,27,29)(H,28,30)(H,31,32). The Balaban J connectivity index is 1.63. The van der Waals surface area contributed by atoms with E-state index in [0.717, 1.165) is 10.8 Å². The van der Waals surface area contributed by atoms with Crippen molar-refractivity contribution in [3.63, 3.8) is 0 Å². The number of aliphatic carboxylic acids is 1. The Morgan fingerprint density at radius 2 is 1.50 bits per heavy atom. The van der Waals surface area contributed by atoms with Crippen LogP contribution in [0.2, 0.25) is 0 Å². The van der Waals surface area contributed by atoms with Crippen LogP contribution in [-0.4, -0.2) is 28.7 Å². The van der Waals surface area contributed by atoms with E-state index in [1.165, 1.54) is 0 Å². The minimum Gasteiger partial charge on any atom is -0.481 e. The van der Waals surface area contributed by atoms with Crippen LogP contribution in [0.5, 0.6) is 0 Å². The molecule has 0 spiro atoms. The quantitative estimate of drug-likeness (QED) is 0.260. The largest absolute Gasteiger partial charge is 0.481 e. The van der Waals surface area contributed by atoms with Gasteiger partial charge in [-0.05, 0) is 23.1 Å². The molecule has 3 aromatic rings. The van der Waals surface area contributed by atoms with Crippen LogP contribution >= 0.6 is 0 Å². The molecule has 0 saturated carbocycles. The highest BCUT2D eigenvalue weighted by atomic mass is 16.4. The van der Waals surface area contributed by atoms with Gasteiger partial charge >= 0.3 is 5.97 Å². The molecule has 0 aliphatic carbocycles. The number of carboxylic acid groups (broad SMARTS) is 1. The molecule has 3 rings (SSSR count). The third kappa shape index (κ3) is 5.69. The van der Waals surface area contributed by atoms with Crippen molar-refractivity contribution in [2.45, 2.75) is 25.3 Å². The number of fused-ring (bicyclic) bond motifs is 1. The van der Waals surface area contributed by atoms with Gasteiger partial charge < -0.3 is 21.5 Å². The van der Waals surface area contributed by atoms with Crippen LogP contribution < -0.4 is 16.4 Å². The average Bonchev–Trinajstić information content (AvgIpc) is 2.77. The predicted molar refractivity (Wildman–Crippen MR) is 122 cm³/mol. The van der Waals surface area contributed by atoms with Crippen molar-refractivity contribution in [3.05, 3.63) is 77.9 Å². The van der Waals surface area contributed by atoms with Gasteiger partial charge in [0.25, 0.3) is 0 Å². The molecule has 8 nitrogen and oxygen atoms in total. The number of hydrogen-bond donors (Lipinski definition) is 5. The van der Waals surface area contributed by atoms with Crippen molar-refractivity contribution in [1.82, 2.24) is 5.32 Å². The molecule has 0 aromatic heterocycles. The molecule has 164 valence electrons. The lowest BCUT2D eigenvalue weighted by Crippen LogP contribution is -2.30. The number of rotatable bonds is 9. The molecule has 0 heterocycles. The van der Waals surface area contributed by atoms with E-state index in [1.54, 1.807) is 42.5 Å². The van der Waals surface area contributed by atoms with E-state index < -0.39 is 17.9 Å². The maximum atomic E-state index is 12.5. The lowest BCUT2D eigenvalue weighted by molar-refractivity contribution is -0.138. The second-order valence-corrected chi connectivity index (χ2v) is 7.30. The minimum atomic E-state index is -1.03. The number of carbonyl (C=O) groups excluding carboxylic acids is 2. The van der Waals surface area contributed by atoms with Crippen LogP contribution in [0.4, 0.5) is 5.69 Å². The first kappa shape index (κ1) is 22.5. The smallest absolute Gasteiger partial charge is 0.305 e. The van der Waals surface area contributed by atoms with Gasteiger partial charge in [0.05, 0.1) is 12.5 Å². The zero-order chi connectivity index (χ0) is 23.1. The van der Waals surface area contributed by atoms with Gasteiger partial charge in [0.1, 0.15) is 5.84 Å². The average molecular weight is 432 g/mol. The summed E-state index contributed by atoms with van der Waals surface area (Å²) < 4.78 is 0. The summed E-state index contributed by atoms with van der Waals surface area (Å²) in [7, 11) is 0. The number of nitrogens with two attached hydrogens (primary N) is 1. The maximum Gasteiger partial charge on any atom is 0.305 e. The molecule has 1 atom stereocenters. The van der Waals surface area contributed by atoms with E-state index in [-0.39, 0.29) is 31.0 Å². The third-order valence-corrected chi connectivity index (χ3v) is 4.98. The Morgan fingerprint density at radius 1 is 0.875 bits per heavy atom. The number of hydrogen-bond acceptors (Lipinski definition) is 4. The Morgan fingerprint density at radius 3 is 2.16 bits per heavy atom. The van der Waals surface area contributed by atoms with Crippen molar-refractivity contribution >= 4 is 40.1 Å². The van der Waals surface area contributed by atoms with Gasteiger partial charge in [-0.1, -0.05) is 54.6 Å². The number of amidine groups is 1. The van der Waals surface area contributed by atoms with E-state index in [0.29, 0.717) is 16.8 Å². The monoisotopic (exact) mass is 432 g/mol. The Labute approximate surface area is 184 Å². The number of anilines is 1. The normalized spacial score (nSPS) is 11.5. The minimum absolute atomic E-state index is 0.0647. The van der Waals surface area contributed by atoms with Crippen LogP contribution in [0.1, 0.15) is 36.4 Å². The molecule has 32 heavy (non-hydrogen) atoms. The summed E-state index contributed by atoms with van der Waals surface area (Å²) in [5, 5.41) is 23.8. The van der Waals surface area contributed by atoms with Crippen molar-refractivity contribution < 1.29 is 19.5 Å². The van der Waals surface area contributed by atoms with Gasteiger partial charge in [0, 0.05) is 29.5 Å². The van der Waals surface area contributed by atoms with Gasteiger partial charge in [0.15, 0.2) is 0 Å². The van der Waals surface area contributed by atoms with Crippen LogP contribution in [0, 0.1) is 5.41 Å². The Hall–Kier alpha value is -4.20. The molecule has 0 fully saturated rings. The van der Waals surface area contributed by atoms with Gasteiger partial charge in [-0.2, -0.15) is 0 Å². The molecule has 1 unspecified atom stereocenters. The van der Waals surface area contributed by atoms with E-state index in [9.17, 15) is 14.4 Å². The maximum absolute atomic E-state index is 12.5. The summed E-state index contributed by atoms with van der Waals surface area (Å²) in [6, 6.07) is 18.8. The van der Waals surface area contributed by atoms with Crippen LogP contribution in [0.15, 0.2) is 66.7 Å². The molecule has 0 aliphatic rings. The fourth-order valence-electron chi connectivity index (χ4n) is 3.46. The highest BCUT2D eigenvalue weighted by Gasteiger charge is 2.18.